The molecule has 1 aromatic rings. The maximum Gasteiger partial charge on any atom is 0.339 e. The van der Waals surface area contributed by atoms with Crippen LogP contribution in [0.3, 0.4) is 0 Å². The van der Waals surface area contributed by atoms with Crippen LogP contribution in [0.1, 0.15) is 23.2 Å². The fourth-order valence-electron chi connectivity index (χ4n) is 2.07. The van der Waals surface area contributed by atoms with E-state index >= 15 is 0 Å². The summed E-state index contributed by atoms with van der Waals surface area (Å²) in [6.45, 7) is 0.654. The predicted octanol–water partition coefficient (Wildman–Crippen LogP) is 2.96. The Morgan fingerprint density at radius 2 is 2.21 bits per heavy atom. The summed E-state index contributed by atoms with van der Waals surface area (Å²) in [5, 5.41) is 3.79. The summed E-state index contributed by atoms with van der Waals surface area (Å²) < 4.78 is 9.93. The van der Waals surface area contributed by atoms with Gasteiger partial charge in [0.05, 0.1) is 30.3 Å². The molecule has 0 aromatic heterocycles. The van der Waals surface area contributed by atoms with Gasteiger partial charge in [0.2, 0.25) is 0 Å². The molecule has 0 amide bonds. The van der Waals surface area contributed by atoms with E-state index in [1.54, 1.807) is 19.2 Å². The third-order valence-electron chi connectivity index (χ3n) is 3.26. The summed E-state index contributed by atoms with van der Waals surface area (Å²) in [4.78, 5) is 11.6. The molecule has 0 saturated heterocycles. The standard InChI is InChI=1S/C14H18ClNO3/c1-18-8-13(9-3-4-9)16-10-5-6-12(15)11(7-10)14(17)19-2/h5-7,9,13,16H,3-4,8H2,1-2H3. The first-order valence-electron chi connectivity index (χ1n) is 6.29. The molecule has 5 heteroatoms. The van der Waals surface area contributed by atoms with Gasteiger partial charge in [0.1, 0.15) is 0 Å². The van der Waals surface area contributed by atoms with E-state index in [1.807, 2.05) is 6.07 Å². The van der Waals surface area contributed by atoms with E-state index in [-0.39, 0.29) is 6.04 Å². The smallest absolute Gasteiger partial charge is 0.339 e. The highest BCUT2D eigenvalue weighted by atomic mass is 35.5. The van der Waals surface area contributed by atoms with Gasteiger partial charge in [0.25, 0.3) is 0 Å². The largest absolute Gasteiger partial charge is 0.465 e. The van der Waals surface area contributed by atoms with Crippen molar-refractivity contribution < 1.29 is 14.3 Å². The average Bonchev–Trinajstić information content (AvgIpc) is 3.24. The summed E-state index contributed by atoms with van der Waals surface area (Å²) >= 11 is 5.99. The van der Waals surface area contributed by atoms with Gasteiger partial charge in [-0.1, -0.05) is 11.6 Å². The lowest BCUT2D eigenvalue weighted by Gasteiger charge is -2.19. The minimum atomic E-state index is -0.427. The molecule has 0 heterocycles. The van der Waals surface area contributed by atoms with Gasteiger partial charge in [0.15, 0.2) is 0 Å². The predicted molar refractivity (Wildman–Crippen MR) is 74.8 cm³/mol. The molecule has 0 bridgehead atoms. The minimum absolute atomic E-state index is 0.275. The number of nitrogens with one attached hydrogen (secondary N) is 1. The van der Waals surface area contributed by atoms with Gasteiger partial charge in [0, 0.05) is 12.8 Å². The van der Waals surface area contributed by atoms with Crippen molar-refractivity contribution in [2.24, 2.45) is 5.92 Å². The first kappa shape index (κ1) is 14.2. The number of hydrogen-bond donors (Lipinski definition) is 1. The van der Waals surface area contributed by atoms with Crippen LogP contribution in [0.5, 0.6) is 0 Å². The lowest BCUT2D eigenvalue weighted by atomic mass is 10.1. The third-order valence-corrected chi connectivity index (χ3v) is 3.59. The number of hydrogen-bond acceptors (Lipinski definition) is 4. The Labute approximate surface area is 118 Å². The molecule has 104 valence electrons. The Bertz CT molecular complexity index is 460. The topological polar surface area (TPSA) is 47.6 Å². The van der Waals surface area contributed by atoms with Gasteiger partial charge in [-0.2, -0.15) is 0 Å². The molecular weight excluding hydrogens is 266 g/mol. The van der Waals surface area contributed by atoms with E-state index < -0.39 is 5.97 Å². The van der Waals surface area contributed by atoms with Crippen molar-refractivity contribution in [3.05, 3.63) is 28.8 Å². The van der Waals surface area contributed by atoms with Gasteiger partial charge in [-0.05, 0) is 37.0 Å². The van der Waals surface area contributed by atoms with Crippen molar-refractivity contribution in [2.75, 3.05) is 26.1 Å². The van der Waals surface area contributed by atoms with Crippen LogP contribution >= 0.6 is 11.6 Å². The van der Waals surface area contributed by atoms with E-state index in [0.717, 1.165) is 5.69 Å². The number of ether oxygens (including phenoxy) is 2. The van der Waals surface area contributed by atoms with Crippen LogP contribution < -0.4 is 5.32 Å². The van der Waals surface area contributed by atoms with E-state index in [4.69, 9.17) is 21.1 Å². The molecule has 19 heavy (non-hydrogen) atoms. The molecule has 1 aliphatic carbocycles. The van der Waals surface area contributed by atoms with Crippen LogP contribution in [-0.2, 0) is 9.47 Å². The highest BCUT2D eigenvalue weighted by Crippen LogP contribution is 2.34. The highest BCUT2D eigenvalue weighted by molar-refractivity contribution is 6.33. The molecule has 1 saturated carbocycles. The van der Waals surface area contributed by atoms with Crippen LogP contribution in [0.4, 0.5) is 5.69 Å². The molecule has 2 rings (SSSR count). The lowest BCUT2D eigenvalue weighted by Crippen LogP contribution is -2.27. The Hall–Kier alpha value is -1.26. The van der Waals surface area contributed by atoms with Crippen LogP contribution in [-0.4, -0.2) is 32.8 Å². The number of anilines is 1. The minimum Gasteiger partial charge on any atom is -0.465 e. The Kier molecular flexibility index (Phi) is 4.66. The molecule has 0 spiro atoms. The van der Waals surface area contributed by atoms with Crippen LogP contribution in [0, 0.1) is 5.92 Å². The van der Waals surface area contributed by atoms with Crippen LogP contribution in [0.2, 0.25) is 5.02 Å². The number of carbonyl (C=O) groups excluding carboxylic acids is 1. The fraction of sp³-hybridized carbons (Fsp3) is 0.500. The maximum absolute atomic E-state index is 11.6. The molecule has 1 fully saturated rings. The number of carbonyl (C=O) groups is 1. The first-order valence-corrected chi connectivity index (χ1v) is 6.67. The Morgan fingerprint density at radius 1 is 1.47 bits per heavy atom. The Morgan fingerprint density at radius 3 is 2.79 bits per heavy atom. The van der Waals surface area contributed by atoms with E-state index in [2.05, 4.69) is 5.32 Å². The zero-order chi connectivity index (χ0) is 13.8. The van der Waals surface area contributed by atoms with Crippen molar-refractivity contribution in [3.63, 3.8) is 0 Å². The van der Waals surface area contributed by atoms with Crippen LogP contribution in [0.25, 0.3) is 0 Å². The third kappa shape index (κ3) is 3.61. The zero-order valence-electron chi connectivity index (χ0n) is 11.1. The first-order chi connectivity index (χ1) is 9.15. The second-order valence-electron chi connectivity index (χ2n) is 4.73. The monoisotopic (exact) mass is 283 g/mol. The summed E-state index contributed by atoms with van der Waals surface area (Å²) in [5.41, 5.74) is 1.24. The number of benzene rings is 1. The average molecular weight is 284 g/mol. The molecule has 1 aromatic carbocycles. The second-order valence-corrected chi connectivity index (χ2v) is 5.14. The SMILES string of the molecule is COCC(Nc1ccc(Cl)c(C(=O)OC)c1)C1CC1. The lowest BCUT2D eigenvalue weighted by molar-refractivity contribution is 0.0601. The molecule has 1 atom stereocenters. The molecule has 1 aliphatic rings. The Balaban J connectivity index is 2.13. The van der Waals surface area contributed by atoms with Crippen molar-refractivity contribution in [1.82, 2.24) is 0 Å². The van der Waals surface area contributed by atoms with Crippen molar-refractivity contribution in [1.29, 1.82) is 0 Å². The van der Waals surface area contributed by atoms with Gasteiger partial charge in [-0.15, -0.1) is 0 Å². The van der Waals surface area contributed by atoms with Gasteiger partial charge in [-0.3, -0.25) is 0 Å². The molecule has 4 nitrogen and oxygen atoms in total. The summed E-state index contributed by atoms with van der Waals surface area (Å²) in [6, 6.07) is 5.56. The number of esters is 1. The quantitative estimate of drug-likeness (QED) is 0.816. The highest BCUT2D eigenvalue weighted by Gasteiger charge is 2.31. The van der Waals surface area contributed by atoms with Crippen molar-refractivity contribution >= 4 is 23.3 Å². The fourth-order valence-corrected chi connectivity index (χ4v) is 2.26. The van der Waals surface area contributed by atoms with Crippen molar-refractivity contribution in [2.45, 2.75) is 18.9 Å². The van der Waals surface area contributed by atoms with Gasteiger partial charge >= 0.3 is 5.97 Å². The maximum atomic E-state index is 11.6. The van der Waals surface area contributed by atoms with E-state index in [1.165, 1.54) is 20.0 Å². The molecular formula is C14H18ClNO3. The summed E-state index contributed by atoms with van der Waals surface area (Å²) in [5.74, 6) is 0.223. The van der Waals surface area contributed by atoms with E-state index in [0.29, 0.717) is 23.1 Å². The number of methoxy groups -OCH3 is 2. The van der Waals surface area contributed by atoms with Crippen LogP contribution in [0.15, 0.2) is 18.2 Å². The molecule has 1 unspecified atom stereocenters. The number of rotatable bonds is 6. The van der Waals surface area contributed by atoms with Gasteiger partial charge < -0.3 is 14.8 Å². The normalized spacial score (nSPS) is 15.9. The second kappa shape index (κ2) is 6.26. The van der Waals surface area contributed by atoms with E-state index in [9.17, 15) is 4.79 Å². The van der Waals surface area contributed by atoms with Gasteiger partial charge in [-0.25, -0.2) is 4.79 Å². The molecule has 0 aliphatic heterocycles. The van der Waals surface area contributed by atoms with Crippen molar-refractivity contribution in [3.8, 4) is 0 Å². The zero-order valence-corrected chi connectivity index (χ0v) is 11.9. The summed E-state index contributed by atoms with van der Waals surface area (Å²) in [7, 11) is 3.04. The molecule has 0 radical (unpaired) electrons. The number of halogens is 1. The summed E-state index contributed by atoms with van der Waals surface area (Å²) in [6.07, 6.45) is 2.44. The molecule has 1 N–H and O–H groups in total.